The van der Waals surface area contributed by atoms with Crippen LogP contribution in [0.3, 0.4) is 0 Å². The lowest BCUT2D eigenvalue weighted by Crippen LogP contribution is -2.47. The molecule has 1 aliphatic carbocycles. The quantitative estimate of drug-likeness (QED) is 0.440. The molecule has 2 aromatic carbocycles. The molecule has 0 spiro atoms. The van der Waals surface area contributed by atoms with Crippen molar-refractivity contribution in [1.29, 1.82) is 0 Å². The van der Waals surface area contributed by atoms with Crippen molar-refractivity contribution in [3.63, 3.8) is 0 Å². The second-order valence-electron chi connectivity index (χ2n) is 9.19. The van der Waals surface area contributed by atoms with Crippen LogP contribution in [0.5, 0.6) is 0 Å². The average Bonchev–Trinajstić information content (AvgIpc) is 2.68. The Hall–Kier alpha value is -3.08. The number of carbonyl (C=O) groups excluding carboxylic acids is 2. The van der Waals surface area contributed by atoms with E-state index < -0.39 is 5.54 Å². The zero-order valence-electron chi connectivity index (χ0n) is 19.1. The van der Waals surface area contributed by atoms with Gasteiger partial charge in [-0.05, 0) is 69.9 Å². The molecule has 0 heterocycles. The van der Waals surface area contributed by atoms with Gasteiger partial charge in [-0.25, -0.2) is 4.79 Å². The van der Waals surface area contributed by atoms with Crippen molar-refractivity contribution < 1.29 is 14.3 Å². The van der Waals surface area contributed by atoms with Gasteiger partial charge in [-0.2, -0.15) is 0 Å². The first kappa shape index (κ1) is 22.6. The highest BCUT2D eigenvalue weighted by molar-refractivity contribution is 6.28. The van der Waals surface area contributed by atoms with Crippen LogP contribution in [0.15, 0.2) is 60.8 Å². The number of carbonyl (C=O) groups is 2. The van der Waals surface area contributed by atoms with Gasteiger partial charge in [0.05, 0.1) is 0 Å². The Morgan fingerprint density at radius 1 is 0.935 bits per heavy atom. The van der Waals surface area contributed by atoms with Gasteiger partial charge in [-0.15, -0.1) is 0 Å². The maximum absolute atomic E-state index is 13.3. The van der Waals surface area contributed by atoms with Gasteiger partial charge in [0, 0.05) is 42.7 Å². The summed E-state index contributed by atoms with van der Waals surface area (Å²) in [6.07, 6.45) is 4.48. The summed E-state index contributed by atoms with van der Waals surface area (Å²) >= 11 is 0. The fourth-order valence-electron chi connectivity index (χ4n) is 3.51. The first-order chi connectivity index (χ1) is 14.7. The third-order valence-electron chi connectivity index (χ3n) is 5.28. The molecule has 1 aliphatic rings. The number of hydrogen-bond donors (Lipinski definition) is 0. The van der Waals surface area contributed by atoms with Crippen molar-refractivity contribution in [2.45, 2.75) is 51.7 Å². The zero-order valence-corrected chi connectivity index (χ0v) is 19.1. The lowest BCUT2D eigenvalue weighted by atomic mass is 9.96. The van der Waals surface area contributed by atoms with E-state index in [2.05, 4.69) is 0 Å². The largest absolute Gasteiger partial charge is 0.446 e. The van der Waals surface area contributed by atoms with E-state index in [0.29, 0.717) is 16.8 Å². The van der Waals surface area contributed by atoms with E-state index in [-0.39, 0.29) is 18.0 Å². The second kappa shape index (κ2) is 9.38. The van der Waals surface area contributed by atoms with Crippen molar-refractivity contribution >= 4 is 23.1 Å². The van der Waals surface area contributed by atoms with Crippen LogP contribution in [-0.2, 0) is 4.74 Å². The fraction of sp³-hybridized carbons (Fsp3) is 0.385. The van der Waals surface area contributed by atoms with Crippen LogP contribution >= 0.6 is 0 Å². The summed E-state index contributed by atoms with van der Waals surface area (Å²) in [6, 6.07) is 16.8. The number of nitrogens with zero attached hydrogens (tertiary/aromatic N) is 2. The van der Waals surface area contributed by atoms with Crippen molar-refractivity contribution in [1.82, 2.24) is 4.90 Å². The van der Waals surface area contributed by atoms with Crippen LogP contribution in [0.4, 0.5) is 10.5 Å². The number of amides is 1. The Bertz CT molecular complexity index is 937. The molecule has 0 aromatic heterocycles. The van der Waals surface area contributed by atoms with Gasteiger partial charge in [0.25, 0.3) is 0 Å². The van der Waals surface area contributed by atoms with E-state index in [1.54, 1.807) is 17.0 Å². The molecule has 1 saturated carbocycles. The van der Waals surface area contributed by atoms with Crippen LogP contribution in [0.1, 0.15) is 56.0 Å². The van der Waals surface area contributed by atoms with Crippen molar-refractivity contribution in [2.75, 3.05) is 19.0 Å². The molecule has 5 nitrogen and oxygen atoms in total. The maximum atomic E-state index is 13.3. The van der Waals surface area contributed by atoms with Crippen LogP contribution in [0.25, 0.3) is 5.57 Å². The number of ketones is 1. The Kier molecular flexibility index (Phi) is 6.84. The molecule has 3 rings (SSSR count). The first-order valence-electron chi connectivity index (χ1n) is 10.8. The number of allylic oxidation sites excluding steroid dienone is 1. The van der Waals surface area contributed by atoms with Crippen molar-refractivity contribution in [3.05, 3.63) is 71.9 Å². The highest BCUT2D eigenvalue weighted by Crippen LogP contribution is 2.30. The Balaban J connectivity index is 1.87. The molecule has 31 heavy (non-hydrogen) atoms. The summed E-state index contributed by atoms with van der Waals surface area (Å²) in [6.45, 7) is 5.92. The number of ether oxygens (including phenoxy) is 1. The monoisotopic (exact) mass is 420 g/mol. The molecule has 0 aliphatic heterocycles. The molecular weight excluding hydrogens is 388 g/mol. The number of benzene rings is 2. The summed E-state index contributed by atoms with van der Waals surface area (Å²) in [5, 5.41) is 0. The SMILES string of the molecule is CN(C)C=C(C(=O)c1ccc(N(C(=O)OC2CCC2)C(C)(C)C)cc1)c1ccccc1. The standard InChI is InChI=1S/C26H32N2O3/c1-26(2,3)28(25(30)31-22-12-9-13-22)21-16-14-20(15-17-21)24(29)23(18-27(4)5)19-10-7-6-8-11-19/h6-8,10-11,14-18,22H,9,12-13H2,1-5H3. The van der Waals surface area contributed by atoms with Gasteiger partial charge < -0.3 is 9.64 Å². The van der Waals surface area contributed by atoms with Crippen LogP contribution in [-0.4, -0.2) is 42.5 Å². The smallest absolute Gasteiger partial charge is 0.415 e. The Morgan fingerprint density at radius 2 is 1.55 bits per heavy atom. The van der Waals surface area contributed by atoms with E-state index in [1.165, 1.54) is 0 Å². The molecule has 164 valence electrons. The number of rotatable bonds is 6. The summed E-state index contributed by atoms with van der Waals surface area (Å²) in [4.78, 5) is 29.7. The molecule has 0 atom stereocenters. The maximum Gasteiger partial charge on any atom is 0.415 e. The third kappa shape index (κ3) is 5.54. The van der Waals surface area contributed by atoms with E-state index in [4.69, 9.17) is 4.74 Å². The van der Waals surface area contributed by atoms with E-state index in [0.717, 1.165) is 24.8 Å². The van der Waals surface area contributed by atoms with E-state index in [1.807, 2.05) is 88.4 Å². The molecule has 0 radical (unpaired) electrons. The van der Waals surface area contributed by atoms with Gasteiger partial charge in [-0.3, -0.25) is 9.69 Å². The van der Waals surface area contributed by atoms with Gasteiger partial charge in [0.2, 0.25) is 0 Å². The molecule has 0 bridgehead atoms. The predicted molar refractivity (Wildman–Crippen MR) is 125 cm³/mol. The Labute approximate surface area is 185 Å². The first-order valence-corrected chi connectivity index (χ1v) is 10.8. The molecule has 0 saturated heterocycles. The normalized spacial score (nSPS) is 14.5. The van der Waals surface area contributed by atoms with Gasteiger partial charge >= 0.3 is 6.09 Å². The van der Waals surface area contributed by atoms with Gasteiger partial charge in [0.1, 0.15) is 6.10 Å². The average molecular weight is 421 g/mol. The zero-order chi connectivity index (χ0) is 22.6. The summed E-state index contributed by atoms with van der Waals surface area (Å²) < 4.78 is 5.65. The Morgan fingerprint density at radius 3 is 2.03 bits per heavy atom. The molecular formula is C26H32N2O3. The molecule has 1 fully saturated rings. The highest BCUT2D eigenvalue weighted by Gasteiger charge is 2.32. The van der Waals surface area contributed by atoms with Crippen molar-refractivity contribution in [2.24, 2.45) is 0 Å². The molecule has 2 aromatic rings. The van der Waals surface area contributed by atoms with E-state index in [9.17, 15) is 9.59 Å². The summed E-state index contributed by atoms with van der Waals surface area (Å²) in [5.74, 6) is -0.0641. The molecule has 1 amide bonds. The summed E-state index contributed by atoms with van der Waals surface area (Å²) in [5.41, 5.74) is 2.32. The fourth-order valence-corrected chi connectivity index (χ4v) is 3.51. The van der Waals surface area contributed by atoms with E-state index >= 15 is 0 Å². The molecule has 0 N–H and O–H groups in total. The predicted octanol–water partition coefficient (Wildman–Crippen LogP) is 5.77. The lowest BCUT2D eigenvalue weighted by molar-refractivity contribution is 0.0546. The number of anilines is 1. The minimum Gasteiger partial charge on any atom is -0.446 e. The second-order valence-corrected chi connectivity index (χ2v) is 9.19. The van der Waals surface area contributed by atoms with Gasteiger partial charge in [0.15, 0.2) is 5.78 Å². The van der Waals surface area contributed by atoms with Crippen LogP contribution in [0, 0.1) is 0 Å². The summed E-state index contributed by atoms with van der Waals surface area (Å²) in [7, 11) is 3.79. The van der Waals surface area contributed by atoms with Crippen LogP contribution in [0.2, 0.25) is 0 Å². The third-order valence-corrected chi connectivity index (χ3v) is 5.28. The van der Waals surface area contributed by atoms with Crippen molar-refractivity contribution in [3.8, 4) is 0 Å². The molecule has 0 unspecified atom stereocenters. The minimum absolute atomic E-state index is 0.0165. The lowest BCUT2D eigenvalue weighted by Gasteiger charge is -2.37. The highest BCUT2D eigenvalue weighted by atomic mass is 16.6. The van der Waals surface area contributed by atoms with Gasteiger partial charge in [-0.1, -0.05) is 30.3 Å². The van der Waals surface area contributed by atoms with Crippen LogP contribution < -0.4 is 4.90 Å². The molecule has 5 heteroatoms. The minimum atomic E-state index is -0.452. The number of hydrogen-bond acceptors (Lipinski definition) is 4. The number of Topliss-reactive ketones (excluding diaryl/α,β-unsaturated/α-hetero) is 1. The topological polar surface area (TPSA) is 49.9 Å².